The van der Waals surface area contributed by atoms with E-state index in [0.29, 0.717) is 18.7 Å². The smallest absolute Gasteiger partial charge is 0.243 e. The zero-order valence-electron chi connectivity index (χ0n) is 14.3. The summed E-state index contributed by atoms with van der Waals surface area (Å²) in [6.07, 6.45) is 2.09. The molecule has 0 bridgehead atoms. The van der Waals surface area contributed by atoms with Gasteiger partial charge in [0.05, 0.1) is 13.7 Å². The average Bonchev–Trinajstić information content (AvgIpc) is 3.01. The molecule has 1 fully saturated rings. The lowest BCUT2D eigenvalue weighted by Gasteiger charge is -2.16. The molecule has 0 saturated carbocycles. The van der Waals surface area contributed by atoms with Gasteiger partial charge in [0.1, 0.15) is 5.75 Å². The van der Waals surface area contributed by atoms with Gasteiger partial charge >= 0.3 is 0 Å². The number of carbonyl (C=O) groups excluding carboxylic acids is 2. The molecule has 3 rings (SSSR count). The van der Waals surface area contributed by atoms with E-state index in [9.17, 15) is 9.59 Å². The highest BCUT2D eigenvalue weighted by Crippen LogP contribution is 2.25. The Bertz CT molecular complexity index is 759. The monoisotopic (exact) mass is 338 g/mol. The number of benzene rings is 2. The molecule has 2 aromatic rings. The van der Waals surface area contributed by atoms with Crippen LogP contribution in [-0.2, 0) is 16.0 Å². The van der Waals surface area contributed by atoms with E-state index in [1.165, 1.54) is 5.56 Å². The number of hydrogen-bond donors (Lipinski definition) is 1. The second kappa shape index (κ2) is 7.83. The van der Waals surface area contributed by atoms with E-state index in [4.69, 9.17) is 4.74 Å². The zero-order valence-corrected chi connectivity index (χ0v) is 14.3. The van der Waals surface area contributed by atoms with Gasteiger partial charge in [0.25, 0.3) is 0 Å². The van der Waals surface area contributed by atoms with Crippen molar-refractivity contribution in [3.8, 4) is 5.75 Å². The fraction of sp³-hybridized carbons (Fsp3) is 0.300. The van der Waals surface area contributed by atoms with Crippen molar-refractivity contribution in [1.82, 2.24) is 4.90 Å². The summed E-state index contributed by atoms with van der Waals surface area (Å²) >= 11 is 0. The molecule has 130 valence electrons. The molecule has 0 aromatic heterocycles. The number of likely N-dealkylation sites (tertiary alicyclic amines) is 1. The lowest BCUT2D eigenvalue weighted by Crippen LogP contribution is -2.33. The molecule has 0 aliphatic carbocycles. The van der Waals surface area contributed by atoms with Crippen LogP contribution in [-0.4, -0.2) is 36.9 Å². The van der Waals surface area contributed by atoms with E-state index in [-0.39, 0.29) is 18.4 Å². The first kappa shape index (κ1) is 17.0. The minimum Gasteiger partial charge on any atom is -0.496 e. The molecule has 25 heavy (non-hydrogen) atoms. The Morgan fingerprint density at radius 2 is 2.00 bits per heavy atom. The second-order valence-corrected chi connectivity index (χ2v) is 6.16. The fourth-order valence-corrected chi connectivity index (χ4v) is 3.06. The Morgan fingerprint density at radius 3 is 2.68 bits per heavy atom. The van der Waals surface area contributed by atoms with Gasteiger partial charge in [-0.15, -0.1) is 0 Å². The molecule has 1 aliphatic heterocycles. The van der Waals surface area contributed by atoms with Crippen LogP contribution < -0.4 is 10.1 Å². The minimum absolute atomic E-state index is 0.0506. The van der Waals surface area contributed by atoms with E-state index in [2.05, 4.69) is 17.4 Å². The van der Waals surface area contributed by atoms with Crippen molar-refractivity contribution < 1.29 is 14.3 Å². The Kier molecular flexibility index (Phi) is 5.33. The van der Waals surface area contributed by atoms with Crippen LogP contribution in [0, 0.1) is 0 Å². The highest BCUT2D eigenvalue weighted by Gasteiger charge is 2.22. The number of carbonyl (C=O) groups is 2. The van der Waals surface area contributed by atoms with Gasteiger partial charge in [0.2, 0.25) is 11.8 Å². The number of rotatable bonds is 6. The van der Waals surface area contributed by atoms with Crippen LogP contribution in [0.1, 0.15) is 24.0 Å². The van der Waals surface area contributed by atoms with Gasteiger partial charge in [-0.3, -0.25) is 9.59 Å². The highest BCUT2D eigenvalue weighted by atomic mass is 16.5. The van der Waals surface area contributed by atoms with Crippen molar-refractivity contribution in [3.05, 3.63) is 59.7 Å². The van der Waals surface area contributed by atoms with Crippen molar-refractivity contribution in [3.63, 3.8) is 0 Å². The van der Waals surface area contributed by atoms with Crippen molar-refractivity contribution in [1.29, 1.82) is 0 Å². The van der Waals surface area contributed by atoms with Crippen molar-refractivity contribution in [2.24, 2.45) is 0 Å². The lowest BCUT2D eigenvalue weighted by atomic mass is 10.0. The van der Waals surface area contributed by atoms with Crippen LogP contribution in [0.25, 0.3) is 0 Å². The molecule has 5 heteroatoms. The number of anilines is 1. The second-order valence-electron chi connectivity index (χ2n) is 6.16. The van der Waals surface area contributed by atoms with Gasteiger partial charge in [-0.2, -0.15) is 0 Å². The number of hydrogen-bond acceptors (Lipinski definition) is 3. The SMILES string of the molecule is COc1ccc(NC(=O)CN2CCCC2=O)cc1Cc1ccccc1. The lowest BCUT2D eigenvalue weighted by molar-refractivity contribution is -0.131. The van der Waals surface area contributed by atoms with E-state index in [1.807, 2.05) is 36.4 Å². The van der Waals surface area contributed by atoms with Crippen LogP contribution in [0.15, 0.2) is 48.5 Å². The molecule has 1 saturated heterocycles. The third-order valence-electron chi connectivity index (χ3n) is 4.31. The summed E-state index contributed by atoms with van der Waals surface area (Å²) in [7, 11) is 1.64. The quantitative estimate of drug-likeness (QED) is 0.881. The Balaban J connectivity index is 1.70. The van der Waals surface area contributed by atoms with Gasteiger partial charge in [0.15, 0.2) is 0 Å². The first-order valence-corrected chi connectivity index (χ1v) is 8.44. The molecule has 1 N–H and O–H groups in total. The third-order valence-corrected chi connectivity index (χ3v) is 4.31. The third kappa shape index (κ3) is 4.38. The molecule has 1 aliphatic rings. The summed E-state index contributed by atoms with van der Waals surface area (Å²) in [5.74, 6) is 0.664. The molecule has 2 aromatic carbocycles. The molecular weight excluding hydrogens is 316 g/mol. The summed E-state index contributed by atoms with van der Waals surface area (Å²) < 4.78 is 5.43. The van der Waals surface area contributed by atoms with E-state index in [1.54, 1.807) is 12.0 Å². The van der Waals surface area contributed by atoms with Gasteiger partial charge < -0.3 is 15.0 Å². The number of methoxy groups -OCH3 is 1. The summed E-state index contributed by atoms with van der Waals surface area (Å²) in [4.78, 5) is 25.4. The molecular formula is C20H22N2O3. The van der Waals surface area contributed by atoms with Gasteiger partial charge in [0, 0.05) is 30.6 Å². The van der Waals surface area contributed by atoms with Gasteiger partial charge in [-0.25, -0.2) is 0 Å². The van der Waals surface area contributed by atoms with E-state index in [0.717, 1.165) is 24.2 Å². The molecule has 0 spiro atoms. The first-order valence-electron chi connectivity index (χ1n) is 8.44. The summed E-state index contributed by atoms with van der Waals surface area (Å²) in [5.41, 5.74) is 2.89. The van der Waals surface area contributed by atoms with Crippen molar-refractivity contribution in [2.75, 3.05) is 25.5 Å². The van der Waals surface area contributed by atoms with E-state index >= 15 is 0 Å². The Morgan fingerprint density at radius 1 is 1.20 bits per heavy atom. The summed E-state index contributed by atoms with van der Waals surface area (Å²) in [6.45, 7) is 0.771. The molecule has 0 unspecified atom stereocenters. The molecule has 1 heterocycles. The van der Waals surface area contributed by atoms with Crippen LogP contribution in [0.3, 0.4) is 0 Å². The molecule has 5 nitrogen and oxygen atoms in total. The van der Waals surface area contributed by atoms with Crippen LogP contribution in [0.4, 0.5) is 5.69 Å². The fourth-order valence-electron chi connectivity index (χ4n) is 3.06. The topological polar surface area (TPSA) is 58.6 Å². The molecule has 2 amide bonds. The Labute approximate surface area is 147 Å². The predicted molar refractivity (Wildman–Crippen MR) is 96.7 cm³/mol. The summed E-state index contributed by atoms with van der Waals surface area (Å²) in [6, 6.07) is 15.7. The normalized spacial score (nSPS) is 13.8. The molecule has 0 atom stereocenters. The average molecular weight is 338 g/mol. The van der Waals surface area contributed by atoms with E-state index < -0.39 is 0 Å². The van der Waals surface area contributed by atoms with Crippen LogP contribution >= 0.6 is 0 Å². The zero-order chi connectivity index (χ0) is 17.6. The Hall–Kier alpha value is -2.82. The first-order chi connectivity index (χ1) is 12.2. The van der Waals surface area contributed by atoms with Gasteiger partial charge in [-0.05, 0) is 30.2 Å². The van der Waals surface area contributed by atoms with Crippen LogP contribution in [0.5, 0.6) is 5.75 Å². The summed E-state index contributed by atoms with van der Waals surface area (Å²) in [5, 5.41) is 2.88. The highest BCUT2D eigenvalue weighted by molar-refractivity contribution is 5.95. The number of ether oxygens (including phenoxy) is 1. The number of amides is 2. The number of nitrogens with zero attached hydrogens (tertiary/aromatic N) is 1. The number of nitrogens with one attached hydrogen (secondary N) is 1. The predicted octanol–water partition coefficient (Wildman–Crippen LogP) is 2.85. The minimum atomic E-state index is -0.175. The standard InChI is InChI=1S/C20H22N2O3/c1-25-18-10-9-17(13-16(18)12-15-6-3-2-4-7-15)21-19(23)14-22-11-5-8-20(22)24/h2-4,6-7,9-10,13H,5,8,11-12,14H2,1H3,(H,21,23). The van der Waals surface area contributed by atoms with Crippen molar-refractivity contribution >= 4 is 17.5 Å². The molecule has 0 radical (unpaired) electrons. The van der Waals surface area contributed by atoms with Gasteiger partial charge in [-0.1, -0.05) is 30.3 Å². The largest absolute Gasteiger partial charge is 0.496 e. The maximum Gasteiger partial charge on any atom is 0.243 e. The maximum atomic E-state index is 12.2. The maximum absolute atomic E-state index is 12.2. The van der Waals surface area contributed by atoms with Crippen molar-refractivity contribution in [2.45, 2.75) is 19.3 Å². The van der Waals surface area contributed by atoms with Crippen LogP contribution in [0.2, 0.25) is 0 Å².